The topological polar surface area (TPSA) is 29.9 Å². The smallest absolute Gasteiger partial charge is 0.313 e. The molecule has 0 saturated heterocycles. The minimum Gasteiger partial charge on any atom is -0.313 e. The lowest BCUT2D eigenvalue weighted by Gasteiger charge is -2.07. The highest BCUT2D eigenvalue weighted by atomic mass is 19.4. The third kappa shape index (κ3) is 3.81. The lowest BCUT2D eigenvalue weighted by atomic mass is 10.2. The van der Waals surface area contributed by atoms with Gasteiger partial charge in [-0.3, -0.25) is 0 Å². The molecular weight excluding hydrogens is 286 g/mol. The van der Waals surface area contributed by atoms with Gasteiger partial charge in [-0.25, -0.2) is 9.07 Å². The normalized spacial score (nSPS) is 11.9. The Morgan fingerprint density at radius 1 is 1.24 bits per heavy atom. The van der Waals surface area contributed by atoms with Crippen molar-refractivity contribution in [3.8, 4) is 5.69 Å². The summed E-state index contributed by atoms with van der Waals surface area (Å²) in [5, 5.41) is 6.48. The molecule has 2 aromatic rings. The number of nitrogens with zero attached hydrogens (tertiary/aromatic N) is 2. The first-order chi connectivity index (χ1) is 9.91. The van der Waals surface area contributed by atoms with Gasteiger partial charge in [0.1, 0.15) is 11.5 Å². The maximum atomic E-state index is 14.0. The first-order valence-corrected chi connectivity index (χ1v) is 6.54. The van der Waals surface area contributed by atoms with Gasteiger partial charge in [0.25, 0.3) is 0 Å². The third-order valence-corrected chi connectivity index (χ3v) is 2.89. The molecule has 0 aliphatic carbocycles. The van der Waals surface area contributed by atoms with E-state index in [1.165, 1.54) is 12.1 Å². The van der Waals surface area contributed by atoms with Gasteiger partial charge in [0.05, 0.1) is 0 Å². The lowest BCUT2D eigenvalue weighted by molar-refractivity contribution is -0.141. The molecule has 0 amide bonds. The molecule has 1 aromatic heterocycles. The van der Waals surface area contributed by atoms with E-state index in [1.807, 2.05) is 6.92 Å². The van der Waals surface area contributed by atoms with E-state index in [0.29, 0.717) is 6.54 Å². The van der Waals surface area contributed by atoms with Gasteiger partial charge in [0.2, 0.25) is 0 Å². The molecule has 0 aliphatic rings. The van der Waals surface area contributed by atoms with Crippen molar-refractivity contribution in [2.24, 2.45) is 0 Å². The molecule has 1 N–H and O–H groups in total. The minimum atomic E-state index is -4.54. The van der Waals surface area contributed by atoms with Crippen LogP contribution in [0.15, 0.2) is 30.5 Å². The quantitative estimate of drug-likeness (QED) is 0.676. The number of rotatable bonds is 5. The van der Waals surface area contributed by atoms with E-state index in [-0.39, 0.29) is 5.69 Å². The monoisotopic (exact) mass is 301 g/mol. The first-order valence-electron chi connectivity index (χ1n) is 6.54. The van der Waals surface area contributed by atoms with E-state index in [2.05, 4.69) is 10.4 Å². The van der Waals surface area contributed by atoms with Crippen LogP contribution < -0.4 is 5.32 Å². The Hall–Kier alpha value is -1.89. The fourth-order valence-electron chi connectivity index (χ4n) is 1.86. The van der Waals surface area contributed by atoms with Crippen LogP contribution in [0, 0.1) is 5.82 Å². The zero-order chi connectivity index (χ0) is 15.5. The number of aromatic nitrogens is 2. The maximum absolute atomic E-state index is 14.0. The van der Waals surface area contributed by atoms with Gasteiger partial charge in [-0.05, 0) is 36.7 Å². The Labute approximate surface area is 119 Å². The number of hydrogen-bond donors (Lipinski definition) is 1. The second-order valence-corrected chi connectivity index (χ2v) is 4.61. The average molecular weight is 301 g/mol. The average Bonchev–Trinajstić information content (AvgIpc) is 2.88. The fourth-order valence-corrected chi connectivity index (χ4v) is 1.86. The van der Waals surface area contributed by atoms with Crippen molar-refractivity contribution >= 4 is 0 Å². The molecule has 3 nitrogen and oxygen atoms in total. The van der Waals surface area contributed by atoms with Crippen LogP contribution in [0.25, 0.3) is 5.69 Å². The summed E-state index contributed by atoms with van der Waals surface area (Å²) in [5.74, 6) is -0.609. The molecule has 2 rings (SSSR count). The molecule has 0 radical (unpaired) electrons. The number of nitrogens with one attached hydrogen (secondary N) is 1. The molecule has 0 aliphatic heterocycles. The zero-order valence-electron chi connectivity index (χ0n) is 11.4. The van der Waals surface area contributed by atoms with Gasteiger partial charge in [0.15, 0.2) is 5.69 Å². The van der Waals surface area contributed by atoms with Gasteiger partial charge in [-0.15, -0.1) is 0 Å². The molecule has 7 heteroatoms. The SMILES string of the molecule is CCCNCc1ccc(-n2ccc(C(F)(F)F)n2)c(F)c1. The molecule has 0 spiro atoms. The molecule has 21 heavy (non-hydrogen) atoms. The van der Waals surface area contributed by atoms with Gasteiger partial charge >= 0.3 is 6.18 Å². The number of halogens is 4. The van der Waals surface area contributed by atoms with Crippen molar-refractivity contribution in [1.29, 1.82) is 0 Å². The molecule has 0 fully saturated rings. The summed E-state index contributed by atoms with van der Waals surface area (Å²) in [4.78, 5) is 0. The van der Waals surface area contributed by atoms with Crippen LogP contribution >= 0.6 is 0 Å². The Bertz CT molecular complexity index is 605. The number of benzene rings is 1. The van der Waals surface area contributed by atoms with Crippen LogP contribution in [-0.2, 0) is 12.7 Å². The molecule has 0 atom stereocenters. The lowest BCUT2D eigenvalue weighted by Crippen LogP contribution is -2.14. The molecule has 1 aromatic carbocycles. The Balaban J connectivity index is 2.19. The van der Waals surface area contributed by atoms with Crippen molar-refractivity contribution in [2.45, 2.75) is 26.1 Å². The second-order valence-electron chi connectivity index (χ2n) is 4.61. The minimum absolute atomic E-state index is 0.00950. The molecule has 0 saturated carbocycles. The van der Waals surface area contributed by atoms with Crippen LogP contribution in [0.1, 0.15) is 24.6 Å². The van der Waals surface area contributed by atoms with E-state index in [1.54, 1.807) is 6.07 Å². The van der Waals surface area contributed by atoms with Crippen molar-refractivity contribution < 1.29 is 17.6 Å². The van der Waals surface area contributed by atoms with E-state index in [9.17, 15) is 17.6 Å². The van der Waals surface area contributed by atoms with Crippen molar-refractivity contribution in [3.63, 3.8) is 0 Å². The molecule has 0 unspecified atom stereocenters. The number of hydrogen-bond acceptors (Lipinski definition) is 2. The Morgan fingerprint density at radius 3 is 2.57 bits per heavy atom. The molecular formula is C14H15F4N3. The van der Waals surface area contributed by atoms with E-state index in [4.69, 9.17) is 0 Å². The van der Waals surface area contributed by atoms with Gasteiger partial charge in [-0.2, -0.15) is 18.3 Å². The highest BCUT2D eigenvalue weighted by Crippen LogP contribution is 2.28. The summed E-state index contributed by atoms with van der Waals surface area (Å²) in [6, 6.07) is 5.20. The van der Waals surface area contributed by atoms with Crippen molar-refractivity contribution in [2.75, 3.05) is 6.54 Å². The predicted octanol–water partition coefficient (Wildman–Crippen LogP) is 3.53. The number of alkyl halides is 3. The second kappa shape index (κ2) is 6.26. The maximum Gasteiger partial charge on any atom is 0.435 e. The summed E-state index contributed by atoms with van der Waals surface area (Å²) >= 11 is 0. The standard InChI is InChI=1S/C14H15F4N3/c1-2-6-19-9-10-3-4-12(11(15)8-10)21-7-5-13(20-21)14(16,17)18/h3-5,7-8,19H,2,6,9H2,1H3. The van der Waals surface area contributed by atoms with E-state index >= 15 is 0 Å². The molecule has 114 valence electrons. The summed E-state index contributed by atoms with van der Waals surface area (Å²) in [5.41, 5.74) is -0.326. The Kier molecular flexibility index (Phi) is 4.62. The highest BCUT2D eigenvalue weighted by Gasteiger charge is 2.33. The van der Waals surface area contributed by atoms with Crippen LogP contribution in [0.5, 0.6) is 0 Å². The molecule has 1 heterocycles. The van der Waals surface area contributed by atoms with E-state index in [0.717, 1.165) is 35.5 Å². The summed E-state index contributed by atoms with van der Waals surface area (Å²) < 4.78 is 52.3. The largest absolute Gasteiger partial charge is 0.435 e. The van der Waals surface area contributed by atoms with Crippen LogP contribution in [-0.4, -0.2) is 16.3 Å². The zero-order valence-corrected chi connectivity index (χ0v) is 11.4. The highest BCUT2D eigenvalue weighted by molar-refractivity contribution is 5.36. The van der Waals surface area contributed by atoms with E-state index < -0.39 is 17.7 Å². The van der Waals surface area contributed by atoms with Crippen molar-refractivity contribution in [1.82, 2.24) is 15.1 Å². The first kappa shape index (κ1) is 15.5. The van der Waals surface area contributed by atoms with Gasteiger partial charge in [-0.1, -0.05) is 13.0 Å². The fraction of sp³-hybridized carbons (Fsp3) is 0.357. The van der Waals surface area contributed by atoms with Crippen molar-refractivity contribution in [3.05, 3.63) is 47.5 Å². The predicted molar refractivity (Wildman–Crippen MR) is 70.5 cm³/mol. The van der Waals surface area contributed by atoms with Crippen LogP contribution in [0.3, 0.4) is 0 Å². The third-order valence-electron chi connectivity index (χ3n) is 2.89. The summed E-state index contributed by atoms with van der Waals surface area (Å²) in [6.07, 6.45) is -2.48. The summed E-state index contributed by atoms with van der Waals surface area (Å²) in [6.45, 7) is 3.35. The van der Waals surface area contributed by atoms with Gasteiger partial charge in [0, 0.05) is 12.7 Å². The van der Waals surface area contributed by atoms with Crippen LogP contribution in [0.4, 0.5) is 17.6 Å². The Morgan fingerprint density at radius 2 is 2.00 bits per heavy atom. The summed E-state index contributed by atoms with van der Waals surface area (Å²) in [7, 11) is 0. The molecule has 0 bridgehead atoms. The van der Waals surface area contributed by atoms with Crippen LogP contribution in [0.2, 0.25) is 0 Å². The van der Waals surface area contributed by atoms with Gasteiger partial charge < -0.3 is 5.32 Å².